The number of aromatic nitrogens is 4. The van der Waals surface area contributed by atoms with Crippen LogP contribution in [0.3, 0.4) is 0 Å². The van der Waals surface area contributed by atoms with Crippen LogP contribution in [0.1, 0.15) is 23.9 Å². The molecule has 0 aliphatic carbocycles. The smallest absolute Gasteiger partial charge is 0.281 e. The fourth-order valence-corrected chi connectivity index (χ4v) is 3.20. The molecule has 6 nitrogen and oxygen atoms in total. The summed E-state index contributed by atoms with van der Waals surface area (Å²) in [5.74, 6) is 0.615. The highest BCUT2D eigenvalue weighted by molar-refractivity contribution is 7.09. The number of fused-ring (bicyclic) bond motifs is 1. The van der Waals surface area contributed by atoms with Crippen LogP contribution in [0.2, 0.25) is 0 Å². The van der Waals surface area contributed by atoms with Crippen molar-refractivity contribution in [2.45, 2.75) is 33.4 Å². The zero-order valence-corrected chi connectivity index (χ0v) is 13.8. The van der Waals surface area contributed by atoms with Gasteiger partial charge in [-0.25, -0.2) is 4.98 Å². The van der Waals surface area contributed by atoms with E-state index in [1.165, 1.54) is 4.88 Å². The quantitative estimate of drug-likeness (QED) is 0.785. The number of anilines is 1. The Labute approximate surface area is 132 Å². The van der Waals surface area contributed by atoms with E-state index in [0.717, 1.165) is 12.1 Å². The van der Waals surface area contributed by atoms with Gasteiger partial charge in [0, 0.05) is 18.5 Å². The Hall–Kier alpha value is -2.15. The lowest BCUT2D eigenvalue weighted by Crippen LogP contribution is -2.26. The van der Waals surface area contributed by atoms with Gasteiger partial charge >= 0.3 is 0 Å². The van der Waals surface area contributed by atoms with Crippen molar-refractivity contribution in [3.05, 3.63) is 38.4 Å². The van der Waals surface area contributed by atoms with Crippen molar-refractivity contribution in [3.63, 3.8) is 0 Å². The van der Waals surface area contributed by atoms with E-state index < -0.39 is 0 Å². The summed E-state index contributed by atoms with van der Waals surface area (Å²) in [5, 5.41) is 9.65. The third kappa shape index (κ3) is 2.52. The number of rotatable bonds is 5. The molecule has 0 saturated carbocycles. The van der Waals surface area contributed by atoms with Gasteiger partial charge in [0.05, 0.1) is 12.2 Å². The maximum Gasteiger partial charge on any atom is 0.281 e. The standard InChI is InChI=1S/C15H19N5OS/c1-4-7-20-14(21)13-12(10(2)18-19(13)3)17-15(20)16-9-11-6-5-8-22-11/h5-6,8H,4,7,9H2,1-3H3,(H,16,17). The van der Waals surface area contributed by atoms with Crippen LogP contribution in [0.25, 0.3) is 11.0 Å². The predicted molar refractivity (Wildman–Crippen MR) is 89.4 cm³/mol. The molecule has 3 aromatic heterocycles. The van der Waals surface area contributed by atoms with E-state index in [-0.39, 0.29) is 5.56 Å². The van der Waals surface area contributed by atoms with E-state index in [1.54, 1.807) is 27.6 Å². The molecular weight excluding hydrogens is 298 g/mol. The molecule has 0 bridgehead atoms. The molecule has 0 spiro atoms. The van der Waals surface area contributed by atoms with E-state index in [0.29, 0.717) is 30.1 Å². The van der Waals surface area contributed by atoms with E-state index in [1.807, 2.05) is 25.3 Å². The summed E-state index contributed by atoms with van der Waals surface area (Å²) in [5.41, 5.74) is 1.97. The van der Waals surface area contributed by atoms with Gasteiger partial charge in [-0.3, -0.25) is 14.0 Å². The summed E-state index contributed by atoms with van der Waals surface area (Å²) in [7, 11) is 1.79. The van der Waals surface area contributed by atoms with Gasteiger partial charge in [-0.05, 0) is 24.8 Å². The molecule has 0 aliphatic rings. The first-order chi connectivity index (χ1) is 10.6. The zero-order chi connectivity index (χ0) is 15.7. The van der Waals surface area contributed by atoms with Crippen molar-refractivity contribution in [1.29, 1.82) is 0 Å². The van der Waals surface area contributed by atoms with Crippen LogP contribution in [0.15, 0.2) is 22.3 Å². The molecule has 116 valence electrons. The maximum atomic E-state index is 12.8. The second-order valence-corrected chi connectivity index (χ2v) is 6.26. The SMILES string of the molecule is CCCn1c(NCc2cccs2)nc2c(C)nn(C)c2c1=O. The van der Waals surface area contributed by atoms with Crippen molar-refractivity contribution in [2.75, 3.05) is 5.32 Å². The Morgan fingerprint density at radius 1 is 1.41 bits per heavy atom. The highest BCUT2D eigenvalue weighted by Gasteiger charge is 2.16. The number of hydrogen-bond donors (Lipinski definition) is 1. The molecule has 3 rings (SSSR count). The molecule has 22 heavy (non-hydrogen) atoms. The minimum Gasteiger partial charge on any atom is -0.351 e. The fraction of sp³-hybridized carbons (Fsp3) is 0.400. The Morgan fingerprint density at radius 2 is 2.23 bits per heavy atom. The summed E-state index contributed by atoms with van der Waals surface area (Å²) in [4.78, 5) is 18.6. The molecule has 7 heteroatoms. The largest absolute Gasteiger partial charge is 0.351 e. The molecular formula is C15H19N5OS. The van der Waals surface area contributed by atoms with Crippen LogP contribution in [-0.4, -0.2) is 19.3 Å². The lowest BCUT2D eigenvalue weighted by molar-refractivity contribution is 0.648. The van der Waals surface area contributed by atoms with Gasteiger partial charge in [0.15, 0.2) is 5.52 Å². The Bertz CT molecular complexity index is 847. The lowest BCUT2D eigenvalue weighted by Gasteiger charge is -2.13. The molecule has 1 N–H and O–H groups in total. The van der Waals surface area contributed by atoms with E-state index >= 15 is 0 Å². The number of nitrogens with one attached hydrogen (secondary N) is 1. The molecule has 0 aliphatic heterocycles. The molecule has 0 atom stereocenters. The number of thiophene rings is 1. The topological polar surface area (TPSA) is 64.7 Å². The Kier molecular flexibility index (Phi) is 3.98. The van der Waals surface area contributed by atoms with Gasteiger partial charge in [0.1, 0.15) is 5.52 Å². The van der Waals surface area contributed by atoms with Crippen LogP contribution in [0.4, 0.5) is 5.95 Å². The van der Waals surface area contributed by atoms with E-state index in [9.17, 15) is 4.79 Å². The summed E-state index contributed by atoms with van der Waals surface area (Å²) in [6, 6.07) is 4.08. The van der Waals surface area contributed by atoms with Crippen LogP contribution in [0.5, 0.6) is 0 Å². The van der Waals surface area contributed by atoms with Gasteiger partial charge in [0.2, 0.25) is 5.95 Å². The van der Waals surface area contributed by atoms with Crippen molar-refractivity contribution >= 4 is 28.3 Å². The molecule has 0 radical (unpaired) electrons. The number of aryl methyl sites for hydroxylation is 2. The first kappa shape index (κ1) is 14.8. The molecule has 0 unspecified atom stereocenters. The highest BCUT2D eigenvalue weighted by Crippen LogP contribution is 2.16. The van der Waals surface area contributed by atoms with Crippen molar-refractivity contribution in [3.8, 4) is 0 Å². The Morgan fingerprint density at radius 3 is 2.91 bits per heavy atom. The van der Waals surface area contributed by atoms with Crippen molar-refractivity contribution in [1.82, 2.24) is 19.3 Å². The molecule has 0 aromatic carbocycles. The van der Waals surface area contributed by atoms with Crippen molar-refractivity contribution in [2.24, 2.45) is 7.05 Å². The van der Waals surface area contributed by atoms with Gasteiger partial charge in [0.25, 0.3) is 5.56 Å². The monoisotopic (exact) mass is 317 g/mol. The normalized spacial score (nSPS) is 11.2. The summed E-state index contributed by atoms with van der Waals surface area (Å²) in [6.45, 7) is 5.23. The third-order valence-corrected chi connectivity index (χ3v) is 4.44. The second kappa shape index (κ2) is 5.92. The maximum absolute atomic E-state index is 12.8. The molecule has 0 amide bonds. The van der Waals surface area contributed by atoms with Crippen LogP contribution >= 0.6 is 11.3 Å². The first-order valence-corrected chi connectivity index (χ1v) is 8.20. The number of hydrogen-bond acceptors (Lipinski definition) is 5. The third-order valence-electron chi connectivity index (χ3n) is 3.56. The van der Waals surface area contributed by atoms with Gasteiger partial charge in [-0.1, -0.05) is 13.0 Å². The zero-order valence-electron chi connectivity index (χ0n) is 13.0. The van der Waals surface area contributed by atoms with Crippen LogP contribution in [0, 0.1) is 6.92 Å². The Balaban J connectivity index is 2.08. The lowest BCUT2D eigenvalue weighted by atomic mass is 10.3. The summed E-state index contributed by atoms with van der Waals surface area (Å²) >= 11 is 1.68. The van der Waals surface area contributed by atoms with E-state index in [4.69, 9.17) is 0 Å². The average molecular weight is 317 g/mol. The van der Waals surface area contributed by atoms with Gasteiger partial charge < -0.3 is 5.32 Å². The average Bonchev–Trinajstić information content (AvgIpc) is 3.09. The summed E-state index contributed by atoms with van der Waals surface area (Å²) < 4.78 is 3.33. The molecule has 0 fully saturated rings. The first-order valence-electron chi connectivity index (χ1n) is 7.32. The second-order valence-electron chi connectivity index (χ2n) is 5.23. The predicted octanol–water partition coefficient (Wildman–Crippen LogP) is 2.52. The molecule has 0 saturated heterocycles. The number of nitrogens with zero attached hydrogens (tertiary/aromatic N) is 4. The van der Waals surface area contributed by atoms with Gasteiger partial charge in [-0.15, -0.1) is 11.3 Å². The van der Waals surface area contributed by atoms with Gasteiger partial charge in [-0.2, -0.15) is 5.10 Å². The fourth-order valence-electron chi connectivity index (χ4n) is 2.56. The van der Waals surface area contributed by atoms with Crippen molar-refractivity contribution < 1.29 is 0 Å². The van der Waals surface area contributed by atoms with E-state index in [2.05, 4.69) is 21.5 Å². The molecule has 3 heterocycles. The summed E-state index contributed by atoms with van der Waals surface area (Å²) in [6.07, 6.45) is 0.873. The van der Waals surface area contributed by atoms with Crippen LogP contribution < -0.4 is 10.9 Å². The minimum atomic E-state index is -0.0383. The minimum absolute atomic E-state index is 0.0383. The molecule has 3 aromatic rings. The highest BCUT2D eigenvalue weighted by atomic mass is 32.1. The van der Waals surface area contributed by atoms with Crippen LogP contribution in [-0.2, 0) is 20.1 Å².